The lowest BCUT2D eigenvalue weighted by Crippen LogP contribution is -2.23. The average molecular weight is 488 g/mol. The molecule has 1 amide bonds. The molecular formula is C22H25N5O4S2. The molecule has 11 heteroatoms. The third-order valence-electron chi connectivity index (χ3n) is 5.11. The summed E-state index contributed by atoms with van der Waals surface area (Å²) in [5.74, 6) is 2.00. The maximum atomic E-state index is 13.0. The van der Waals surface area contributed by atoms with Gasteiger partial charge in [-0.2, -0.15) is 0 Å². The number of rotatable bonds is 9. The Morgan fingerprint density at radius 3 is 2.70 bits per heavy atom. The average Bonchev–Trinajstić information content (AvgIpc) is 3.44. The molecule has 0 unspecified atom stereocenters. The van der Waals surface area contributed by atoms with E-state index in [2.05, 4.69) is 29.4 Å². The van der Waals surface area contributed by atoms with Crippen molar-refractivity contribution < 1.29 is 14.3 Å². The van der Waals surface area contributed by atoms with E-state index in [4.69, 9.17) is 9.47 Å². The fraction of sp³-hybridized carbons (Fsp3) is 0.364. The van der Waals surface area contributed by atoms with Gasteiger partial charge in [0, 0.05) is 18.3 Å². The summed E-state index contributed by atoms with van der Waals surface area (Å²) in [6.45, 7) is 4.80. The van der Waals surface area contributed by atoms with E-state index in [-0.39, 0.29) is 17.2 Å². The molecule has 0 atom stereocenters. The second-order valence-electron chi connectivity index (χ2n) is 7.80. The fourth-order valence-electron chi connectivity index (χ4n) is 3.42. The number of amides is 1. The highest BCUT2D eigenvalue weighted by Crippen LogP contribution is 2.30. The van der Waals surface area contributed by atoms with Gasteiger partial charge < -0.3 is 14.8 Å². The Morgan fingerprint density at radius 2 is 1.97 bits per heavy atom. The van der Waals surface area contributed by atoms with E-state index in [0.29, 0.717) is 45.3 Å². The van der Waals surface area contributed by atoms with Crippen LogP contribution in [0.3, 0.4) is 0 Å². The highest BCUT2D eigenvalue weighted by Gasteiger charge is 2.19. The molecule has 0 aliphatic carbocycles. The van der Waals surface area contributed by atoms with Crippen LogP contribution in [0, 0.1) is 5.92 Å². The van der Waals surface area contributed by atoms with Gasteiger partial charge in [-0.1, -0.05) is 25.6 Å². The number of carbonyl (C=O) groups excluding carboxylic acids is 1. The van der Waals surface area contributed by atoms with Crippen LogP contribution >= 0.6 is 23.1 Å². The Morgan fingerprint density at radius 1 is 1.18 bits per heavy atom. The second kappa shape index (κ2) is 9.84. The molecule has 4 aromatic rings. The van der Waals surface area contributed by atoms with Gasteiger partial charge >= 0.3 is 0 Å². The number of methoxy groups -OCH3 is 2. The van der Waals surface area contributed by atoms with Gasteiger partial charge in [0.15, 0.2) is 16.7 Å². The van der Waals surface area contributed by atoms with Crippen molar-refractivity contribution in [3.8, 4) is 11.5 Å². The van der Waals surface area contributed by atoms with E-state index < -0.39 is 0 Å². The Hall–Kier alpha value is -3.05. The van der Waals surface area contributed by atoms with Gasteiger partial charge in [0.25, 0.3) is 5.56 Å². The van der Waals surface area contributed by atoms with Crippen molar-refractivity contribution in [1.82, 2.24) is 19.2 Å². The van der Waals surface area contributed by atoms with Crippen LogP contribution in [0.25, 0.3) is 16.0 Å². The van der Waals surface area contributed by atoms with Crippen molar-refractivity contribution in [2.24, 2.45) is 5.92 Å². The third kappa shape index (κ3) is 4.69. The first kappa shape index (κ1) is 23.1. The molecule has 1 N–H and O–H groups in total. The number of nitrogens with one attached hydrogen (secondary N) is 1. The van der Waals surface area contributed by atoms with Gasteiger partial charge in [0.2, 0.25) is 11.7 Å². The molecule has 0 fully saturated rings. The Kier molecular flexibility index (Phi) is 6.89. The summed E-state index contributed by atoms with van der Waals surface area (Å²) in [6, 6.07) is 7.07. The molecule has 4 rings (SSSR count). The number of nitrogens with zero attached hydrogens (tertiary/aromatic N) is 4. The van der Waals surface area contributed by atoms with Crippen molar-refractivity contribution in [2.75, 3.05) is 25.3 Å². The standard InChI is InChI=1S/C22H25N5O4S2/c1-13(2)7-9-26-20(29)19-15(8-10-32-19)27-21(26)24-25-22(27)33-12-18(28)23-14-5-6-16(30-3)17(11-14)31-4/h5-6,8,10-11,13H,7,9,12H2,1-4H3,(H,23,28). The molecule has 0 saturated carbocycles. The molecule has 0 aliphatic rings. The SMILES string of the molecule is COc1ccc(NC(=O)CSc2nnc3n(CCC(C)C)c(=O)c4sccc4n23)cc1OC. The quantitative estimate of drug-likeness (QED) is 0.358. The van der Waals surface area contributed by atoms with Crippen LogP contribution in [0.2, 0.25) is 0 Å². The molecule has 0 aliphatic heterocycles. The summed E-state index contributed by atoms with van der Waals surface area (Å²) in [5.41, 5.74) is 1.31. The van der Waals surface area contributed by atoms with Gasteiger partial charge in [0.1, 0.15) is 4.70 Å². The summed E-state index contributed by atoms with van der Waals surface area (Å²) in [7, 11) is 3.10. The topological polar surface area (TPSA) is 99.7 Å². The third-order valence-corrected chi connectivity index (χ3v) is 6.93. The van der Waals surface area contributed by atoms with E-state index in [0.717, 1.165) is 11.9 Å². The zero-order valence-corrected chi connectivity index (χ0v) is 20.5. The van der Waals surface area contributed by atoms with Crippen molar-refractivity contribution in [3.63, 3.8) is 0 Å². The minimum atomic E-state index is -0.196. The number of carbonyl (C=O) groups is 1. The van der Waals surface area contributed by atoms with Gasteiger partial charge in [-0.15, -0.1) is 21.5 Å². The minimum Gasteiger partial charge on any atom is -0.493 e. The Bertz CT molecular complexity index is 1360. The Balaban J connectivity index is 1.57. The first-order chi connectivity index (χ1) is 15.9. The van der Waals surface area contributed by atoms with E-state index in [1.165, 1.54) is 23.1 Å². The van der Waals surface area contributed by atoms with Crippen molar-refractivity contribution in [2.45, 2.75) is 32.0 Å². The zero-order valence-electron chi connectivity index (χ0n) is 18.8. The van der Waals surface area contributed by atoms with E-state index in [1.807, 2.05) is 15.8 Å². The number of aromatic nitrogens is 4. The summed E-state index contributed by atoms with van der Waals surface area (Å²) in [4.78, 5) is 25.6. The van der Waals surface area contributed by atoms with Crippen LogP contribution in [0.1, 0.15) is 20.3 Å². The monoisotopic (exact) mass is 487 g/mol. The predicted octanol–water partition coefficient (Wildman–Crippen LogP) is 3.90. The molecule has 174 valence electrons. The van der Waals surface area contributed by atoms with Gasteiger partial charge in [-0.05, 0) is 35.9 Å². The molecule has 33 heavy (non-hydrogen) atoms. The predicted molar refractivity (Wildman–Crippen MR) is 131 cm³/mol. The Labute approximate surface area is 198 Å². The highest BCUT2D eigenvalue weighted by atomic mass is 32.2. The van der Waals surface area contributed by atoms with E-state index in [1.54, 1.807) is 37.0 Å². The summed E-state index contributed by atoms with van der Waals surface area (Å²) >= 11 is 2.67. The summed E-state index contributed by atoms with van der Waals surface area (Å²) in [5, 5.41) is 13.9. The normalized spacial score (nSPS) is 11.4. The lowest BCUT2D eigenvalue weighted by molar-refractivity contribution is -0.113. The lowest BCUT2D eigenvalue weighted by atomic mass is 10.1. The van der Waals surface area contributed by atoms with Crippen LogP contribution in [-0.2, 0) is 11.3 Å². The molecule has 0 saturated heterocycles. The smallest absolute Gasteiger partial charge is 0.272 e. The number of fused-ring (bicyclic) bond motifs is 3. The van der Waals surface area contributed by atoms with Crippen molar-refractivity contribution >= 4 is 50.7 Å². The molecular weight excluding hydrogens is 462 g/mol. The molecule has 0 radical (unpaired) electrons. The van der Waals surface area contributed by atoms with E-state index in [9.17, 15) is 9.59 Å². The fourth-order valence-corrected chi connectivity index (χ4v) is 4.99. The zero-order chi connectivity index (χ0) is 23.5. The molecule has 1 aromatic carbocycles. The number of thioether (sulfide) groups is 1. The number of hydrogen-bond acceptors (Lipinski definition) is 8. The minimum absolute atomic E-state index is 0.0525. The van der Waals surface area contributed by atoms with Crippen LogP contribution < -0.4 is 20.3 Å². The number of ether oxygens (including phenoxy) is 2. The highest BCUT2D eigenvalue weighted by molar-refractivity contribution is 7.99. The summed E-state index contributed by atoms with van der Waals surface area (Å²) in [6.07, 6.45) is 0.857. The molecule has 9 nitrogen and oxygen atoms in total. The van der Waals surface area contributed by atoms with Gasteiger partial charge in [-0.3, -0.25) is 18.6 Å². The number of aryl methyl sites for hydroxylation is 1. The largest absolute Gasteiger partial charge is 0.493 e. The lowest BCUT2D eigenvalue weighted by Gasteiger charge is -2.11. The van der Waals surface area contributed by atoms with Gasteiger partial charge in [-0.25, -0.2) is 0 Å². The van der Waals surface area contributed by atoms with Gasteiger partial charge in [0.05, 0.1) is 25.5 Å². The first-order valence-corrected chi connectivity index (χ1v) is 12.3. The summed E-state index contributed by atoms with van der Waals surface area (Å²) < 4.78 is 14.7. The molecule has 0 spiro atoms. The van der Waals surface area contributed by atoms with E-state index >= 15 is 0 Å². The van der Waals surface area contributed by atoms with Crippen LogP contribution in [-0.4, -0.2) is 45.0 Å². The maximum Gasteiger partial charge on any atom is 0.272 e. The molecule has 3 aromatic heterocycles. The van der Waals surface area contributed by atoms with Crippen LogP contribution in [0.4, 0.5) is 5.69 Å². The van der Waals surface area contributed by atoms with Crippen molar-refractivity contribution in [1.29, 1.82) is 0 Å². The number of benzene rings is 1. The number of anilines is 1. The van der Waals surface area contributed by atoms with Crippen molar-refractivity contribution in [3.05, 3.63) is 40.0 Å². The number of hydrogen-bond donors (Lipinski definition) is 1. The van der Waals surface area contributed by atoms with Crippen LogP contribution in [0.15, 0.2) is 39.6 Å². The van der Waals surface area contributed by atoms with Crippen LogP contribution in [0.5, 0.6) is 11.5 Å². The second-order valence-corrected chi connectivity index (χ2v) is 9.66. The molecule has 3 heterocycles. The molecule has 0 bridgehead atoms. The maximum absolute atomic E-state index is 13.0. The first-order valence-electron chi connectivity index (χ1n) is 10.4. The number of thiophene rings is 1.